The van der Waals surface area contributed by atoms with E-state index in [1.54, 1.807) is 6.92 Å². The number of halogens is 1. The van der Waals surface area contributed by atoms with Crippen molar-refractivity contribution in [3.8, 4) is 22.8 Å². The van der Waals surface area contributed by atoms with Crippen LogP contribution in [0.5, 0.6) is 5.75 Å². The quantitative estimate of drug-likeness (QED) is 0.388. The summed E-state index contributed by atoms with van der Waals surface area (Å²) in [6.07, 6.45) is 3.06. The first-order chi connectivity index (χ1) is 18.5. The van der Waals surface area contributed by atoms with Crippen LogP contribution in [0.3, 0.4) is 0 Å². The SMILES string of the molecule is COc1cnc(-n2cnc(C)n2)c2c1C(C(=O)C(=O)N1CCn3c(nc(CF)c3-c3ccccc3)C1)CN2. The Balaban J connectivity index is 1.28. The van der Waals surface area contributed by atoms with Gasteiger partial charge < -0.3 is 19.5 Å². The number of alkyl halides is 1. The monoisotopic (exact) mass is 516 g/mol. The molecule has 0 radical (unpaired) electrons. The van der Waals surface area contributed by atoms with Crippen molar-refractivity contribution in [2.24, 2.45) is 0 Å². The van der Waals surface area contributed by atoms with Gasteiger partial charge in [-0.3, -0.25) is 9.59 Å². The average molecular weight is 517 g/mol. The fourth-order valence-electron chi connectivity index (χ4n) is 5.21. The van der Waals surface area contributed by atoms with Crippen LogP contribution in [0, 0.1) is 6.92 Å². The Kier molecular flexibility index (Phi) is 5.86. The van der Waals surface area contributed by atoms with Crippen LogP contribution in [0.4, 0.5) is 10.1 Å². The molecule has 12 heteroatoms. The fraction of sp³-hybridized carbons (Fsp3) is 0.308. The Hall–Kier alpha value is -4.61. The number of carbonyl (C=O) groups is 2. The molecule has 1 amide bonds. The minimum absolute atomic E-state index is 0.119. The van der Waals surface area contributed by atoms with E-state index in [-0.39, 0.29) is 13.1 Å². The van der Waals surface area contributed by atoms with E-state index in [0.717, 1.165) is 5.56 Å². The normalized spacial score (nSPS) is 16.1. The number of pyridine rings is 1. The number of ketones is 1. The molecule has 5 heterocycles. The third-order valence-corrected chi connectivity index (χ3v) is 6.97. The number of nitrogens with one attached hydrogen (secondary N) is 1. The Morgan fingerprint density at radius 1 is 1.18 bits per heavy atom. The zero-order chi connectivity index (χ0) is 26.4. The van der Waals surface area contributed by atoms with Gasteiger partial charge in [-0.2, -0.15) is 5.10 Å². The second-order valence-electron chi connectivity index (χ2n) is 9.17. The van der Waals surface area contributed by atoms with Crippen LogP contribution in [0.15, 0.2) is 42.9 Å². The molecule has 38 heavy (non-hydrogen) atoms. The highest BCUT2D eigenvalue weighted by atomic mass is 19.1. The molecule has 1 N–H and O–H groups in total. The van der Waals surface area contributed by atoms with E-state index in [2.05, 4.69) is 25.4 Å². The predicted molar refractivity (Wildman–Crippen MR) is 135 cm³/mol. The van der Waals surface area contributed by atoms with Gasteiger partial charge in [0.15, 0.2) is 5.82 Å². The number of hydrogen-bond acceptors (Lipinski definition) is 8. The first-order valence-electron chi connectivity index (χ1n) is 12.2. The highest BCUT2D eigenvalue weighted by molar-refractivity contribution is 6.38. The Labute approximate surface area is 217 Å². The number of anilines is 1. The summed E-state index contributed by atoms with van der Waals surface area (Å²) in [6.45, 7) is 2.10. The van der Waals surface area contributed by atoms with Crippen molar-refractivity contribution in [3.05, 3.63) is 65.8 Å². The average Bonchev–Trinajstić information content (AvgIpc) is 3.68. The summed E-state index contributed by atoms with van der Waals surface area (Å²) >= 11 is 0. The standard InChI is InChI=1S/C26H25FN8O3/c1-15-30-14-35(32-15)25-22-21(19(38-2)12-29-25)17(11-28-22)24(36)26(37)33-8-9-34-20(13-33)31-18(10-27)23(34)16-6-4-3-5-7-16/h3-7,12,14,17,28H,8-11,13H2,1-2H3. The molecule has 6 rings (SSSR count). The molecule has 3 aromatic heterocycles. The van der Waals surface area contributed by atoms with Crippen LogP contribution in [0.1, 0.15) is 28.8 Å². The molecule has 11 nitrogen and oxygen atoms in total. The number of Topliss-reactive ketones (excluding diaryl/α,β-unsaturated/α-hetero) is 1. The van der Waals surface area contributed by atoms with Gasteiger partial charge in [-0.15, -0.1) is 0 Å². The number of ether oxygens (including phenoxy) is 1. The van der Waals surface area contributed by atoms with Gasteiger partial charge in [0.2, 0.25) is 5.78 Å². The lowest BCUT2D eigenvalue weighted by molar-refractivity contribution is -0.146. The summed E-state index contributed by atoms with van der Waals surface area (Å²) in [6, 6.07) is 9.50. The van der Waals surface area contributed by atoms with Crippen molar-refractivity contribution in [2.75, 3.05) is 25.5 Å². The van der Waals surface area contributed by atoms with Gasteiger partial charge in [-0.1, -0.05) is 30.3 Å². The number of fused-ring (bicyclic) bond motifs is 2. The molecule has 0 fully saturated rings. The summed E-state index contributed by atoms with van der Waals surface area (Å²) in [5, 5.41) is 7.53. The molecule has 1 atom stereocenters. The molecule has 0 bridgehead atoms. The molecule has 194 valence electrons. The lowest BCUT2D eigenvalue weighted by atomic mass is 9.95. The van der Waals surface area contributed by atoms with Crippen LogP contribution in [0.25, 0.3) is 17.1 Å². The number of aromatic nitrogens is 6. The first kappa shape index (κ1) is 23.8. The van der Waals surface area contributed by atoms with Crippen molar-refractivity contribution < 1.29 is 18.7 Å². The van der Waals surface area contributed by atoms with Crippen molar-refractivity contribution in [3.63, 3.8) is 0 Å². The van der Waals surface area contributed by atoms with E-state index >= 15 is 0 Å². The molecule has 0 saturated carbocycles. The molecule has 2 aliphatic rings. The highest BCUT2D eigenvalue weighted by Gasteiger charge is 2.40. The summed E-state index contributed by atoms with van der Waals surface area (Å²) in [5.74, 6) is 0.0741. The van der Waals surface area contributed by atoms with E-state index in [1.807, 2.05) is 34.9 Å². The van der Waals surface area contributed by atoms with E-state index in [4.69, 9.17) is 4.74 Å². The Bertz CT molecular complexity index is 1550. The van der Waals surface area contributed by atoms with Gasteiger partial charge in [0, 0.05) is 30.8 Å². The number of nitrogens with zero attached hydrogens (tertiary/aromatic N) is 7. The molecule has 0 spiro atoms. The van der Waals surface area contributed by atoms with Crippen LogP contribution >= 0.6 is 0 Å². The largest absolute Gasteiger partial charge is 0.495 e. The van der Waals surface area contributed by atoms with Gasteiger partial charge in [0.05, 0.1) is 42.8 Å². The zero-order valence-corrected chi connectivity index (χ0v) is 20.9. The number of methoxy groups -OCH3 is 1. The minimum atomic E-state index is -0.762. The summed E-state index contributed by atoms with van der Waals surface area (Å²) in [7, 11) is 1.50. The Morgan fingerprint density at radius 3 is 2.71 bits per heavy atom. The summed E-state index contributed by atoms with van der Waals surface area (Å²) < 4.78 is 22.8. The van der Waals surface area contributed by atoms with Gasteiger partial charge in [0.1, 0.15) is 30.4 Å². The van der Waals surface area contributed by atoms with Crippen molar-refractivity contribution in [1.82, 2.24) is 34.2 Å². The summed E-state index contributed by atoms with van der Waals surface area (Å²) in [4.78, 5) is 41.5. The van der Waals surface area contributed by atoms with Crippen molar-refractivity contribution >= 4 is 17.4 Å². The first-order valence-corrected chi connectivity index (χ1v) is 12.2. The zero-order valence-electron chi connectivity index (χ0n) is 20.9. The second-order valence-corrected chi connectivity index (χ2v) is 9.17. The maximum Gasteiger partial charge on any atom is 0.291 e. The van der Waals surface area contributed by atoms with Crippen LogP contribution < -0.4 is 10.1 Å². The van der Waals surface area contributed by atoms with Crippen LogP contribution in [-0.4, -0.2) is 66.1 Å². The van der Waals surface area contributed by atoms with Gasteiger partial charge in [-0.05, 0) is 6.92 Å². The van der Waals surface area contributed by atoms with Crippen LogP contribution in [-0.2, 0) is 29.4 Å². The molecular weight excluding hydrogens is 491 g/mol. The molecule has 1 unspecified atom stereocenters. The third kappa shape index (κ3) is 3.80. The maximum atomic E-state index is 13.9. The number of benzene rings is 1. The number of rotatable bonds is 6. The second kappa shape index (κ2) is 9.36. The lowest BCUT2D eigenvalue weighted by Crippen LogP contribution is -2.43. The van der Waals surface area contributed by atoms with Crippen molar-refractivity contribution in [2.45, 2.75) is 32.6 Å². The predicted octanol–water partition coefficient (Wildman–Crippen LogP) is 2.43. The number of imidazole rings is 1. The van der Waals surface area contributed by atoms with Crippen LogP contribution in [0.2, 0.25) is 0 Å². The minimum Gasteiger partial charge on any atom is -0.495 e. The number of hydrogen-bond donors (Lipinski definition) is 1. The lowest BCUT2D eigenvalue weighted by Gasteiger charge is -2.29. The van der Waals surface area contributed by atoms with E-state index in [1.165, 1.54) is 29.2 Å². The topological polar surface area (TPSA) is 120 Å². The number of carbonyl (C=O) groups excluding carboxylic acids is 2. The fourth-order valence-corrected chi connectivity index (χ4v) is 5.21. The van der Waals surface area contributed by atoms with Crippen molar-refractivity contribution in [1.29, 1.82) is 0 Å². The molecular formula is C26H25FN8O3. The maximum absolute atomic E-state index is 13.9. The number of aryl methyl sites for hydroxylation is 1. The van der Waals surface area contributed by atoms with Gasteiger partial charge in [0.25, 0.3) is 5.91 Å². The van der Waals surface area contributed by atoms with E-state index in [0.29, 0.717) is 58.9 Å². The molecule has 0 aliphatic carbocycles. The molecule has 0 saturated heterocycles. The molecule has 2 aliphatic heterocycles. The number of amides is 1. The van der Waals surface area contributed by atoms with E-state index in [9.17, 15) is 14.0 Å². The Morgan fingerprint density at radius 2 is 2.00 bits per heavy atom. The highest BCUT2D eigenvalue weighted by Crippen LogP contribution is 2.42. The summed E-state index contributed by atoms with van der Waals surface area (Å²) in [5.41, 5.74) is 3.04. The molecule has 1 aromatic carbocycles. The molecule has 4 aromatic rings. The van der Waals surface area contributed by atoms with Gasteiger partial charge in [-0.25, -0.2) is 24.0 Å². The third-order valence-electron chi connectivity index (χ3n) is 6.97. The smallest absolute Gasteiger partial charge is 0.291 e. The van der Waals surface area contributed by atoms with Gasteiger partial charge >= 0.3 is 0 Å². The van der Waals surface area contributed by atoms with E-state index < -0.39 is 24.3 Å².